The van der Waals surface area contributed by atoms with Crippen molar-refractivity contribution >= 4 is 11.8 Å². The lowest BCUT2D eigenvalue weighted by molar-refractivity contribution is 0.556. The lowest BCUT2D eigenvalue weighted by Gasteiger charge is -2.15. The molecule has 0 spiro atoms. The fourth-order valence-corrected chi connectivity index (χ4v) is 2.79. The maximum Gasteiger partial charge on any atom is 0.137 e. The Morgan fingerprint density at radius 2 is 2.00 bits per heavy atom. The maximum absolute atomic E-state index is 14.0. The van der Waals surface area contributed by atoms with Gasteiger partial charge in [0.15, 0.2) is 0 Å². The summed E-state index contributed by atoms with van der Waals surface area (Å²) in [6.45, 7) is 9.56. The minimum absolute atomic E-state index is 0.0871. The summed E-state index contributed by atoms with van der Waals surface area (Å²) in [6, 6.07) is 5.84. The Bertz CT molecular complexity index is 381. The second-order valence-electron chi connectivity index (χ2n) is 5.19. The molecule has 0 bridgehead atoms. The van der Waals surface area contributed by atoms with Gasteiger partial charge in [-0.1, -0.05) is 33.3 Å². The number of hydrogen-bond acceptors (Lipinski definition) is 2. The third-order valence-corrected chi connectivity index (χ3v) is 4.75. The van der Waals surface area contributed by atoms with Gasteiger partial charge in [0.05, 0.1) is 0 Å². The Labute approximate surface area is 121 Å². The summed E-state index contributed by atoms with van der Waals surface area (Å²) in [5.41, 5.74) is 1.03. The average molecular weight is 283 g/mol. The van der Waals surface area contributed by atoms with Gasteiger partial charge in [-0.05, 0) is 43.5 Å². The smallest absolute Gasteiger partial charge is 0.137 e. The Kier molecular flexibility index (Phi) is 7.47. The second-order valence-corrected chi connectivity index (χ2v) is 6.25. The van der Waals surface area contributed by atoms with E-state index in [0.717, 1.165) is 35.6 Å². The van der Waals surface area contributed by atoms with Gasteiger partial charge in [-0.25, -0.2) is 4.39 Å². The number of thioether (sulfide) groups is 1. The highest BCUT2D eigenvalue weighted by Crippen LogP contribution is 2.27. The number of nitrogens with one attached hydrogen (secondary N) is 1. The SMILES string of the molecule is CCCNC(C)c1ccc(SCC(C)CC)c(F)c1. The van der Waals surface area contributed by atoms with Crippen molar-refractivity contribution in [2.75, 3.05) is 12.3 Å². The summed E-state index contributed by atoms with van der Waals surface area (Å²) in [5, 5.41) is 3.38. The monoisotopic (exact) mass is 283 g/mol. The predicted molar refractivity (Wildman–Crippen MR) is 83.3 cm³/mol. The standard InChI is InChI=1S/C16H26FNS/c1-5-9-18-13(4)14-7-8-16(15(17)10-14)19-11-12(3)6-2/h7-8,10,12-13,18H,5-6,9,11H2,1-4H3. The first-order valence-electron chi connectivity index (χ1n) is 7.24. The van der Waals surface area contributed by atoms with Gasteiger partial charge in [0.2, 0.25) is 0 Å². The fourth-order valence-electron chi connectivity index (χ4n) is 1.73. The van der Waals surface area contributed by atoms with Crippen LogP contribution >= 0.6 is 11.8 Å². The summed E-state index contributed by atoms with van der Waals surface area (Å²) in [7, 11) is 0. The van der Waals surface area contributed by atoms with Gasteiger partial charge in [0.25, 0.3) is 0 Å². The van der Waals surface area contributed by atoms with E-state index in [9.17, 15) is 4.39 Å². The van der Waals surface area contributed by atoms with E-state index in [1.807, 2.05) is 12.1 Å². The summed E-state index contributed by atoms with van der Waals surface area (Å²) >= 11 is 1.62. The van der Waals surface area contributed by atoms with Crippen molar-refractivity contribution in [1.29, 1.82) is 0 Å². The minimum atomic E-state index is -0.0871. The Morgan fingerprint density at radius 1 is 1.26 bits per heavy atom. The highest BCUT2D eigenvalue weighted by atomic mass is 32.2. The van der Waals surface area contributed by atoms with E-state index < -0.39 is 0 Å². The van der Waals surface area contributed by atoms with E-state index in [0.29, 0.717) is 5.92 Å². The summed E-state index contributed by atoms with van der Waals surface area (Å²) in [5.74, 6) is 1.53. The highest BCUT2D eigenvalue weighted by Gasteiger charge is 2.10. The van der Waals surface area contributed by atoms with E-state index in [2.05, 4.69) is 33.0 Å². The molecule has 0 aliphatic heterocycles. The van der Waals surface area contributed by atoms with Crippen LogP contribution in [-0.4, -0.2) is 12.3 Å². The highest BCUT2D eigenvalue weighted by molar-refractivity contribution is 7.99. The van der Waals surface area contributed by atoms with Crippen LogP contribution in [0.2, 0.25) is 0 Å². The lowest BCUT2D eigenvalue weighted by Crippen LogP contribution is -2.19. The third kappa shape index (κ3) is 5.53. The maximum atomic E-state index is 14.0. The molecular weight excluding hydrogens is 257 g/mol. The first kappa shape index (κ1) is 16.5. The van der Waals surface area contributed by atoms with Crippen molar-refractivity contribution in [2.45, 2.75) is 51.5 Å². The van der Waals surface area contributed by atoms with Gasteiger partial charge in [-0.2, -0.15) is 0 Å². The molecule has 0 heterocycles. The van der Waals surface area contributed by atoms with Crippen LogP contribution in [0.3, 0.4) is 0 Å². The zero-order valence-corrected chi connectivity index (χ0v) is 13.3. The zero-order valence-electron chi connectivity index (χ0n) is 12.5. The van der Waals surface area contributed by atoms with E-state index in [-0.39, 0.29) is 11.9 Å². The van der Waals surface area contributed by atoms with E-state index in [1.54, 1.807) is 17.8 Å². The van der Waals surface area contributed by atoms with Crippen LogP contribution in [-0.2, 0) is 0 Å². The number of halogens is 1. The molecule has 0 saturated heterocycles. The van der Waals surface area contributed by atoms with Crippen molar-refractivity contribution in [1.82, 2.24) is 5.32 Å². The molecule has 0 fully saturated rings. The molecule has 2 unspecified atom stereocenters. The van der Waals surface area contributed by atoms with Gasteiger partial charge in [0.1, 0.15) is 5.82 Å². The first-order valence-corrected chi connectivity index (χ1v) is 8.22. The lowest BCUT2D eigenvalue weighted by atomic mass is 10.1. The van der Waals surface area contributed by atoms with Crippen molar-refractivity contribution < 1.29 is 4.39 Å². The van der Waals surface area contributed by atoms with Crippen molar-refractivity contribution in [3.63, 3.8) is 0 Å². The minimum Gasteiger partial charge on any atom is -0.310 e. The van der Waals surface area contributed by atoms with E-state index >= 15 is 0 Å². The summed E-state index contributed by atoms with van der Waals surface area (Å²) in [4.78, 5) is 0.770. The largest absolute Gasteiger partial charge is 0.310 e. The van der Waals surface area contributed by atoms with Crippen LogP contribution in [0, 0.1) is 11.7 Å². The molecule has 1 aromatic carbocycles. The van der Waals surface area contributed by atoms with Crippen molar-refractivity contribution in [3.8, 4) is 0 Å². The molecule has 1 nitrogen and oxygen atoms in total. The van der Waals surface area contributed by atoms with Crippen LogP contribution < -0.4 is 5.32 Å². The molecule has 108 valence electrons. The molecule has 0 radical (unpaired) electrons. The Balaban J connectivity index is 2.63. The average Bonchev–Trinajstić information content (AvgIpc) is 2.42. The molecule has 19 heavy (non-hydrogen) atoms. The molecular formula is C16H26FNS. The first-order chi connectivity index (χ1) is 9.08. The van der Waals surface area contributed by atoms with Crippen LogP contribution in [0.1, 0.15) is 52.1 Å². The van der Waals surface area contributed by atoms with Gasteiger partial charge in [-0.3, -0.25) is 0 Å². The predicted octanol–water partition coefficient (Wildman–Crippen LogP) is 5.02. The molecule has 1 aromatic rings. The van der Waals surface area contributed by atoms with Crippen LogP contribution in [0.25, 0.3) is 0 Å². The quantitative estimate of drug-likeness (QED) is 0.672. The molecule has 0 amide bonds. The summed E-state index contributed by atoms with van der Waals surface area (Å²) in [6.07, 6.45) is 2.24. The van der Waals surface area contributed by atoms with Gasteiger partial charge in [-0.15, -0.1) is 11.8 Å². The van der Waals surface area contributed by atoms with E-state index in [4.69, 9.17) is 0 Å². The molecule has 0 aromatic heterocycles. The van der Waals surface area contributed by atoms with Crippen molar-refractivity contribution in [3.05, 3.63) is 29.6 Å². The Morgan fingerprint density at radius 3 is 2.58 bits per heavy atom. The van der Waals surface area contributed by atoms with Crippen LogP contribution in [0.15, 0.2) is 23.1 Å². The fraction of sp³-hybridized carbons (Fsp3) is 0.625. The van der Waals surface area contributed by atoms with Gasteiger partial charge < -0.3 is 5.32 Å². The van der Waals surface area contributed by atoms with Gasteiger partial charge >= 0.3 is 0 Å². The third-order valence-electron chi connectivity index (χ3n) is 3.38. The molecule has 2 atom stereocenters. The molecule has 0 saturated carbocycles. The van der Waals surface area contributed by atoms with Gasteiger partial charge in [0, 0.05) is 16.7 Å². The Hall–Kier alpha value is -0.540. The molecule has 3 heteroatoms. The number of hydrogen-bond donors (Lipinski definition) is 1. The molecule has 1 N–H and O–H groups in total. The molecule has 1 rings (SSSR count). The number of benzene rings is 1. The zero-order chi connectivity index (χ0) is 14.3. The van der Waals surface area contributed by atoms with Crippen LogP contribution in [0.5, 0.6) is 0 Å². The van der Waals surface area contributed by atoms with Crippen molar-refractivity contribution in [2.24, 2.45) is 5.92 Å². The number of rotatable bonds is 8. The van der Waals surface area contributed by atoms with Crippen LogP contribution in [0.4, 0.5) is 4.39 Å². The topological polar surface area (TPSA) is 12.0 Å². The summed E-state index contributed by atoms with van der Waals surface area (Å²) < 4.78 is 14.0. The van der Waals surface area contributed by atoms with E-state index in [1.165, 1.54) is 0 Å². The molecule has 0 aliphatic rings. The molecule has 0 aliphatic carbocycles. The second kappa shape index (κ2) is 8.60. The normalized spacial score (nSPS) is 14.4.